The molecule has 6 heterocycles. The molecule has 4 aliphatic heterocycles. The van der Waals surface area contributed by atoms with Crippen LogP contribution in [0.15, 0.2) is 48.8 Å². The first-order valence-electron chi connectivity index (χ1n) is 19.5. The number of piperidine rings is 3. The molecule has 5 aliphatic rings. The number of amides is 6. The second-order valence-electron chi connectivity index (χ2n) is 16.0. The lowest BCUT2D eigenvalue weighted by Crippen LogP contribution is -2.54. The number of benzene rings is 2. The quantitative estimate of drug-likeness (QED) is 0.246. The Balaban J connectivity index is 0.768. The number of nitrogens with one attached hydrogen (secondary N) is 2. The third kappa shape index (κ3) is 6.53. The first kappa shape index (κ1) is 37.4. The first-order chi connectivity index (χ1) is 27.9. The van der Waals surface area contributed by atoms with Gasteiger partial charge in [-0.15, -0.1) is 0 Å². The number of aromatic nitrogens is 4. The van der Waals surface area contributed by atoms with Crippen molar-refractivity contribution >= 4 is 57.7 Å². The van der Waals surface area contributed by atoms with E-state index in [1.165, 1.54) is 13.2 Å². The minimum Gasteiger partial charge on any atom is -0.494 e. The van der Waals surface area contributed by atoms with Crippen LogP contribution in [-0.2, 0) is 14.4 Å². The molecular weight excluding hydrogens is 756 g/mol. The van der Waals surface area contributed by atoms with Gasteiger partial charge in [-0.1, -0.05) is 0 Å². The molecule has 2 aromatic heterocycles. The predicted octanol–water partition coefficient (Wildman–Crippen LogP) is 4.15. The topological polar surface area (TPSA) is 181 Å². The van der Waals surface area contributed by atoms with Crippen molar-refractivity contribution in [3.63, 3.8) is 0 Å². The molecule has 1 aliphatic carbocycles. The Labute approximate surface area is 330 Å². The van der Waals surface area contributed by atoms with Crippen LogP contribution in [0.4, 0.5) is 20.2 Å². The summed E-state index contributed by atoms with van der Waals surface area (Å²) in [7, 11) is 1.47. The molecule has 16 nitrogen and oxygen atoms in total. The van der Waals surface area contributed by atoms with Crippen LogP contribution in [0.2, 0.25) is 0 Å². The Morgan fingerprint density at radius 1 is 0.931 bits per heavy atom. The number of hydrogen-bond donors (Lipinski definition) is 2. The van der Waals surface area contributed by atoms with E-state index in [1.807, 2.05) is 15.8 Å². The van der Waals surface area contributed by atoms with E-state index in [2.05, 4.69) is 20.6 Å². The molecule has 4 aromatic rings. The van der Waals surface area contributed by atoms with Crippen molar-refractivity contribution in [2.24, 2.45) is 11.3 Å². The summed E-state index contributed by atoms with van der Waals surface area (Å²) in [4.78, 5) is 82.1. The Morgan fingerprint density at radius 3 is 2.36 bits per heavy atom. The van der Waals surface area contributed by atoms with Gasteiger partial charge >= 0.3 is 6.55 Å². The van der Waals surface area contributed by atoms with Crippen LogP contribution in [0.25, 0.3) is 10.9 Å². The van der Waals surface area contributed by atoms with Crippen molar-refractivity contribution in [3.8, 4) is 5.75 Å². The Bertz CT molecular complexity index is 2370. The largest absolute Gasteiger partial charge is 0.494 e. The number of ether oxygens (including phenoxy) is 1. The van der Waals surface area contributed by atoms with E-state index in [9.17, 15) is 37.5 Å². The molecule has 2 aromatic carbocycles. The number of fused-ring (bicyclic) bond motifs is 2. The van der Waals surface area contributed by atoms with Gasteiger partial charge in [0.15, 0.2) is 5.69 Å². The van der Waals surface area contributed by atoms with Gasteiger partial charge in [-0.05, 0) is 80.7 Å². The molecule has 18 heteroatoms. The van der Waals surface area contributed by atoms with Crippen molar-refractivity contribution in [1.82, 2.24) is 34.7 Å². The maximum atomic E-state index is 13.7. The average molecular weight is 798 g/mol. The second kappa shape index (κ2) is 14.3. The van der Waals surface area contributed by atoms with E-state index in [0.29, 0.717) is 60.7 Å². The number of carbonyl (C=O) groups excluding carboxylic acids is 6. The zero-order valence-electron chi connectivity index (χ0n) is 31.7. The lowest BCUT2D eigenvalue weighted by molar-refractivity contribution is -0.140. The lowest BCUT2D eigenvalue weighted by Gasteiger charge is -2.52. The van der Waals surface area contributed by atoms with Crippen LogP contribution < -0.4 is 20.3 Å². The van der Waals surface area contributed by atoms with Gasteiger partial charge in [-0.25, -0.2) is 4.68 Å². The smallest absolute Gasteiger partial charge is 0.333 e. The van der Waals surface area contributed by atoms with Gasteiger partial charge < -0.3 is 19.9 Å². The molecule has 2 N–H and O–H groups in total. The number of halogens is 2. The maximum Gasteiger partial charge on any atom is 0.333 e. The van der Waals surface area contributed by atoms with Crippen LogP contribution in [-0.4, -0.2) is 104 Å². The fraction of sp³-hybridized carbons (Fsp3) is 0.450. The van der Waals surface area contributed by atoms with E-state index in [4.69, 9.17) is 9.84 Å². The number of hydrogen-bond acceptors (Lipinski definition) is 10. The molecule has 3 saturated heterocycles. The Morgan fingerprint density at radius 2 is 1.67 bits per heavy atom. The van der Waals surface area contributed by atoms with Gasteiger partial charge in [0.25, 0.3) is 17.7 Å². The zero-order valence-corrected chi connectivity index (χ0v) is 31.7. The summed E-state index contributed by atoms with van der Waals surface area (Å²) in [6.07, 6.45) is 8.18. The minimum atomic E-state index is -2.85. The summed E-state index contributed by atoms with van der Waals surface area (Å²) < 4.78 is 33.8. The number of nitrogens with zero attached hydrogens (tertiary/aromatic N) is 7. The van der Waals surface area contributed by atoms with Crippen LogP contribution in [0.1, 0.15) is 95.2 Å². The lowest BCUT2D eigenvalue weighted by atomic mass is 9.60. The minimum absolute atomic E-state index is 0.0591. The fourth-order valence-electron chi connectivity index (χ4n) is 9.31. The molecule has 1 atom stereocenters. The molecule has 1 unspecified atom stereocenters. The number of rotatable bonds is 8. The third-order valence-electron chi connectivity index (χ3n) is 12.6. The number of imide groups is 2. The number of anilines is 2. The van der Waals surface area contributed by atoms with Gasteiger partial charge in [0.05, 0.1) is 35.5 Å². The van der Waals surface area contributed by atoms with Crippen LogP contribution in [0.3, 0.4) is 0 Å². The molecule has 302 valence electrons. The first-order valence-corrected chi connectivity index (χ1v) is 19.5. The highest BCUT2D eigenvalue weighted by atomic mass is 19.3. The Hall–Kier alpha value is -6.20. The van der Waals surface area contributed by atoms with E-state index < -0.39 is 42.1 Å². The normalized spacial score (nSPS) is 21.2. The summed E-state index contributed by atoms with van der Waals surface area (Å²) in [5, 5.41) is 14.2. The monoisotopic (exact) mass is 797 g/mol. The molecule has 6 amide bonds. The molecule has 4 fully saturated rings. The van der Waals surface area contributed by atoms with Gasteiger partial charge in [0.2, 0.25) is 17.7 Å². The van der Waals surface area contributed by atoms with Crippen molar-refractivity contribution in [1.29, 1.82) is 0 Å². The highest BCUT2D eigenvalue weighted by molar-refractivity contribution is 6.23. The number of likely N-dealkylation sites (tertiary alicyclic amines) is 1. The molecule has 9 rings (SSSR count). The van der Waals surface area contributed by atoms with E-state index in [1.54, 1.807) is 30.3 Å². The molecule has 1 spiro atoms. The van der Waals surface area contributed by atoms with Gasteiger partial charge in [0.1, 0.15) is 11.8 Å². The predicted molar refractivity (Wildman–Crippen MR) is 202 cm³/mol. The summed E-state index contributed by atoms with van der Waals surface area (Å²) in [6, 6.07) is 8.99. The second-order valence-corrected chi connectivity index (χ2v) is 16.0. The third-order valence-corrected chi connectivity index (χ3v) is 12.6. The highest BCUT2D eigenvalue weighted by Gasteiger charge is 2.48. The van der Waals surface area contributed by atoms with Gasteiger partial charge in [0, 0.05) is 68.1 Å². The van der Waals surface area contributed by atoms with Crippen molar-refractivity contribution in [2.45, 2.75) is 70.0 Å². The van der Waals surface area contributed by atoms with Crippen molar-refractivity contribution < 1.29 is 42.3 Å². The zero-order chi connectivity index (χ0) is 40.5. The van der Waals surface area contributed by atoms with Crippen molar-refractivity contribution in [2.75, 3.05) is 43.5 Å². The highest BCUT2D eigenvalue weighted by Crippen LogP contribution is 2.55. The number of carbonyl (C=O) groups is 6. The maximum absolute atomic E-state index is 13.7. The molecule has 0 bridgehead atoms. The van der Waals surface area contributed by atoms with E-state index in [-0.39, 0.29) is 52.9 Å². The molecule has 1 saturated carbocycles. The molecule has 0 radical (unpaired) electrons. The summed E-state index contributed by atoms with van der Waals surface area (Å²) in [5.74, 6) is -2.32. The van der Waals surface area contributed by atoms with Gasteiger partial charge in [-0.2, -0.15) is 19.0 Å². The van der Waals surface area contributed by atoms with Gasteiger partial charge in [-0.3, -0.25) is 43.7 Å². The standard InChI is InChI=1S/C40H41F2N9O7/c1-58-32-18-29-23(16-30(32)43-34(53)28-8-13-49(45-28)39(41)42)21-50(46-29)25-19-40(20-25)9-14-48(15-10-40)36(55)22-6-11-47(12-7-22)24-2-3-26-27(17-24)38(57)51(37(26)56)31-4-5-33(52)44-35(31)54/h2-3,8,13,16-18,21-22,25,31,39H,4-7,9-12,14-15,19-20H2,1H3,(H,43,53)(H,44,52,54). The summed E-state index contributed by atoms with van der Waals surface area (Å²) in [6.45, 7) is -0.202. The van der Waals surface area contributed by atoms with Crippen LogP contribution in [0.5, 0.6) is 5.75 Å². The van der Waals surface area contributed by atoms with E-state index >= 15 is 0 Å². The van der Waals surface area contributed by atoms with Crippen molar-refractivity contribution in [3.05, 3.63) is 65.6 Å². The van der Waals surface area contributed by atoms with Crippen LogP contribution >= 0.6 is 0 Å². The molecular formula is C40H41F2N9O7. The average Bonchev–Trinajstić information content (AvgIpc) is 3.93. The Kier molecular flexibility index (Phi) is 9.23. The molecule has 58 heavy (non-hydrogen) atoms. The fourth-order valence-corrected chi connectivity index (χ4v) is 9.31. The van der Waals surface area contributed by atoms with Crippen LogP contribution in [0, 0.1) is 11.3 Å². The summed E-state index contributed by atoms with van der Waals surface area (Å²) in [5.41, 5.74) is 2.32. The number of alkyl halides is 2. The number of methoxy groups -OCH3 is 1. The SMILES string of the molecule is COc1cc2nn(C3CC4(CCN(C(=O)C5CCN(c6ccc7c(c6)C(=O)N(C6CCC(=O)NC6=O)C7=O)CC5)CC4)C3)cc2cc1NC(=O)c1ccn(C(F)F)n1. The summed E-state index contributed by atoms with van der Waals surface area (Å²) >= 11 is 0. The van der Waals surface area contributed by atoms with E-state index in [0.717, 1.165) is 47.9 Å².